The molecule has 0 unspecified atom stereocenters. The molecule has 4 bridgehead atoms. The molecule has 0 aromatic heterocycles. The van der Waals surface area contributed by atoms with Crippen molar-refractivity contribution in [2.24, 2.45) is 0 Å². The molecule has 2 aromatic carbocycles. The van der Waals surface area contributed by atoms with Crippen molar-refractivity contribution in [3.8, 4) is 0 Å². The van der Waals surface area contributed by atoms with Gasteiger partial charge in [-0.15, -0.1) is 0 Å². The molecule has 16 heteroatoms. The number of hydrogen-bond donors (Lipinski definition) is 4. The van der Waals surface area contributed by atoms with Gasteiger partial charge in [0.25, 0.3) is 23.6 Å². The summed E-state index contributed by atoms with van der Waals surface area (Å²) in [6, 6.07) is 15.8. The molecule has 12 nitrogen and oxygen atoms in total. The van der Waals surface area contributed by atoms with Crippen molar-refractivity contribution < 1.29 is 29.4 Å². The molecule has 238 valence electrons. The molecule has 10 heterocycles. The number of aliphatic hydroxyl groups excluding tert-OH is 2. The summed E-state index contributed by atoms with van der Waals surface area (Å²) in [5.41, 5.74) is 1.45. The highest BCUT2D eigenvalue weighted by atomic mass is 33.1. The van der Waals surface area contributed by atoms with Crippen LogP contribution in [0.1, 0.15) is 24.0 Å². The van der Waals surface area contributed by atoms with Crippen LogP contribution < -0.4 is 10.6 Å². The maximum Gasteiger partial charge on any atom is 0.265 e. The maximum atomic E-state index is 14.7. The summed E-state index contributed by atoms with van der Waals surface area (Å²) in [5.74, 6) is -1.19. The van der Waals surface area contributed by atoms with E-state index in [1.165, 1.54) is 53.0 Å². The van der Waals surface area contributed by atoms with Crippen molar-refractivity contribution in [1.29, 1.82) is 0 Å². The molecule has 8 saturated heterocycles. The predicted octanol–water partition coefficient (Wildman–Crippen LogP) is 1.33. The number of anilines is 2. The van der Waals surface area contributed by atoms with Gasteiger partial charge in [-0.3, -0.25) is 29.0 Å². The molecule has 0 saturated carbocycles. The highest BCUT2D eigenvalue weighted by molar-refractivity contribution is 8.78. The number of likely N-dealkylation sites (N-methyl/N-ethyl adjacent to an activating group) is 2. The maximum absolute atomic E-state index is 14.7. The first-order chi connectivity index (χ1) is 22.1. The minimum absolute atomic E-state index is 0.223. The lowest BCUT2D eigenvalue weighted by atomic mass is 9.54. The molecular weight excluding hydrogens is 669 g/mol. The Morgan fingerprint density at radius 1 is 0.652 bits per heavy atom. The van der Waals surface area contributed by atoms with E-state index in [0.29, 0.717) is 0 Å². The second-order valence-electron chi connectivity index (χ2n) is 13.3. The lowest BCUT2D eigenvalue weighted by Gasteiger charge is -2.57. The number of piperazine rings is 2. The average molecular weight is 697 g/mol. The van der Waals surface area contributed by atoms with Crippen LogP contribution in [0.4, 0.5) is 11.4 Å². The van der Waals surface area contributed by atoms with Gasteiger partial charge in [-0.1, -0.05) is 58.0 Å². The van der Waals surface area contributed by atoms with Gasteiger partial charge in [0.15, 0.2) is 9.74 Å². The number of benzene rings is 2. The van der Waals surface area contributed by atoms with Crippen LogP contribution in [0.15, 0.2) is 48.5 Å². The zero-order chi connectivity index (χ0) is 31.8. The van der Waals surface area contributed by atoms with Crippen molar-refractivity contribution in [3.63, 3.8) is 0 Å². The van der Waals surface area contributed by atoms with E-state index in [9.17, 15) is 29.4 Å². The zero-order valence-electron chi connectivity index (χ0n) is 24.6. The number of carbonyl (C=O) groups is 4. The van der Waals surface area contributed by atoms with E-state index < -0.39 is 55.9 Å². The molecular formula is C30H28N6O6S4. The molecule has 8 atom stereocenters. The molecule has 2 aromatic rings. The molecule has 2 spiro atoms. The monoisotopic (exact) mass is 696 g/mol. The number of aliphatic hydroxyl groups is 2. The number of nitrogens with zero attached hydrogens (tertiary/aromatic N) is 4. The molecule has 4 N–H and O–H groups in total. The highest BCUT2D eigenvalue weighted by Crippen LogP contribution is 2.78. The van der Waals surface area contributed by atoms with Crippen LogP contribution in [0.5, 0.6) is 0 Å². The Morgan fingerprint density at radius 2 is 1.04 bits per heavy atom. The Bertz CT molecular complexity index is 1740. The third-order valence-corrected chi connectivity index (χ3v) is 19.3. The average Bonchev–Trinajstić information content (AvgIpc) is 3.75. The summed E-state index contributed by atoms with van der Waals surface area (Å²) in [5, 5.41) is 28.6. The van der Waals surface area contributed by atoms with Crippen LogP contribution in [0, 0.1) is 0 Å². The molecule has 46 heavy (non-hydrogen) atoms. The van der Waals surface area contributed by atoms with Gasteiger partial charge >= 0.3 is 0 Å². The van der Waals surface area contributed by atoms with E-state index in [1.54, 1.807) is 23.9 Å². The standard InChI is InChI=1S/C30H28N6O6S4/c1-33-21(39)27-11-25(15-7-3-5-9-17(15)31-19(25)35(27)23(41)29(33,13-37)45-43-27)26-12-28-22(40)34(2)30(14-38,46-44-28)24(42)36(28)20(26)32-18-10-6-4-8-16(18)26/h3-10,19-20,31-32,37-38H,11-14H2,1-2H3/t19-,20+,25-,26-,27-,28-,29+,30-/m1/s1. The lowest BCUT2D eigenvalue weighted by molar-refractivity contribution is -0.166. The number of para-hydroxylation sites is 2. The normalized spacial score (nSPS) is 43.7. The van der Waals surface area contributed by atoms with E-state index in [0.717, 1.165) is 22.5 Å². The quantitative estimate of drug-likeness (QED) is 0.344. The lowest BCUT2D eigenvalue weighted by Crippen LogP contribution is -2.77. The highest BCUT2D eigenvalue weighted by Gasteiger charge is 2.87. The third-order valence-electron chi connectivity index (χ3n) is 12.0. The molecule has 10 aliphatic rings. The Hall–Kier alpha value is -2.76. The SMILES string of the molecule is CN1C(=O)[C@]23C[C@@]4([C@@]56C[C@]78SS[C@](CO)(C(=O)N7[C@@H]5Nc5ccccc56)N(C)C8=O)c5ccccc5N[C@@H]4N2C(=O)[C@]1(CO)SS3. The van der Waals surface area contributed by atoms with Gasteiger partial charge in [0.1, 0.15) is 12.3 Å². The van der Waals surface area contributed by atoms with Crippen LogP contribution in [0.25, 0.3) is 0 Å². The summed E-state index contributed by atoms with van der Waals surface area (Å²) >= 11 is 0. The summed E-state index contributed by atoms with van der Waals surface area (Å²) in [7, 11) is 8.28. The minimum Gasteiger partial charge on any atom is -0.392 e. The molecule has 0 radical (unpaired) electrons. The first kappa shape index (κ1) is 28.3. The van der Waals surface area contributed by atoms with Crippen molar-refractivity contribution >= 4 is 78.2 Å². The van der Waals surface area contributed by atoms with E-state index >= 15 is 0 Å². The second-order valence-corrected chi connectivity index (χ2v) is 18.7. The van der Waals surface area contributed by atoms with Crippen LogP contribution in [-0.2, 0) is 30.0 Å². The Labute approximate surface area is 279 Å². The van der Waals surface area contributed by atoms with Gasteiger partial charge in [-0.2, -0.15) is 0 Å². The number of fused-ring (bicyclic) bond motifs is 11. The van der Waals surface area contributed by atoms with Gasteiger partial charge < -0.3 is 30.6 Å². The number of hydrogen-bond acceptors (Lipinski definition) is 12. The van der Waals surface area contributed by atoms with Crippen LogP contribution >= 0.6 is 43.2 Å². The van der Waals surface area contributed by atoms with Gasteiger partial charge in [0.2, 0.25) is 9.74 Å². The minimum atomic E-state index is -1.47. The Kier molecular flexibility index (Phi) is 5.08. The number of nitrogens with one attached hydrogen (secondary N) is 2. The third kappa shape index (κ3) is 2.48. The van der Waals surface area contributed by atoms with E-state index in [4.69, 9.17) is 0 Å². The van der Waals surface area contributed by atoms with Crippen molar-refractivity contribution in [2.45, 2.75) is 55.5 Å². The van der Waals surface area contributed by atoms with Gasteiger partial charge in [-0.05, 0) is 44.8 Å². The van der Waals surface area contributed by atoms with Crippen LogP contribution in [0.3, 0.4) is 0 Å². The van der Waals surface area contributed by atoms with Crippen LogP contribution in [-0.4, -0.2) is 113 Å². The predicted molar refractivity (Wildman–Crippen MR) is 175 cm³/mol. The first-order valence-electron chi connectivity index (χ1n) is 15.0. The first-order valence-corrected chi connectivity index (χ1v) is 19.3. The fraction of sp³-hybridized carbons (Fsp3) is 0.467. The largest absolute Gasteiger partial charge is 0.392 e. The van der Waals surface area contributed by atoms with Gasteiger partial charge in [-0.25, -0.2) is 0 Å². The van der Waals surface area contributed by atoms with Crippen molar-refractivity contribution in [3.05, 3.63) is 59.7 Å². The van der Waals surface area contributed by atoms with Crippen molar-refractivity contribution in [2.75, 3.05) is 37.9 Å². The molecule has 10 aliphatic heterocycles. The van der Waals surface area contributed by atoms with Gasteiger partial charge in [0.05, 0.1) is 24.0 Å². The summed E-state index contributed by atoms with van der Waals surface area (Å²) in [4.78, 5) is 59.0. The summed E-state index contributed by atoms with van der Waals surface area (Å²) in [6.07, 6.45) is -1.01. The number of amides is 4. The zero-order valence-corrected chi connectivity index (χ0v) is 27.8. The molecule has 0 aliphatic carbocycles. The topological polar surface area (TPSA) is 146 Å². The number of rotatable bonds is 3. The van der Waals surface area contributed by atoms with E-state index in [1.807, 2.05) is 48.5 Å². The summed E-state index contributed by atoms with van der Waals surface area (Å²) in [6.45, 7) is -1.07. The van der Waals surface area contributed by atoms with E-state index in [2.05, 4.69) is 10.6 Å². The fourth-order valence-corrected chi connectivity index (χ4v) is 17.2. The summed E-state index contributed by atoms with van der Waals surface area (Å²) < 4.78 is 0. The molecule has 4 amide bonds. The van der Waals surface area contributed by atoms with Crippen LogP contribution in [0.2, 0.25) is 0 Å². The Morgan fingerprint density at radius 3 is 1.43 bits per heavy atom. The number of carbonyl (C=O) groups excluding carboxylic acids is 4. The second kappa shape index (κ2) is 8.26. The molecule has 12 rings (SSSR count). The van der Waals surface area contributed by atoms with E-state index in [-0.39, 0.29) is 36.5 Å². The van der Waals surface area contributed by atoms with Gasteiger partial charge in [0, 0.05) is 38.3 Å². The Balaban J connectivity index is 1.29. The molecule has 8 fully saturated rings. The van der Waals surface area contributed by atoms with Crippen molar-refractivity contribution in [1.82, 2.24) is 19.6 Å². The smallest absolute Gasteiger partial charge is 0.265 e. The fourth-order valence-electron chi connectivity index (χ4n) is 9.92.